The molecule has 82 valence electrons. The summed E-state index contributed by atoms with van der Waals surface area (Å²) in [6.07, 6.45) is 2.12. The third-order valence-corrected chi connectivity index (χ3v) is 1.88. The van der Waals surface area contributed by atoms with Gasteiger partial charge in [0.05, 0.1) is 12.9 Å². The number of rotatable bonds is 6. The Bertz CT molecular complexity index is 351. The molecule has 1 heterocycles. The maximum absolute atomic E-state index is 10.7. The molecule has 1 N–H and O–H groups in total. The molecule has 0 saturated carbocycles. The van der Waals surface area contributed by atoms with Gasteiger partial charge in [-0.25, -0.2) is 4.79 Å². The fourth-order valence-corrected chi connectivity index (χ4v) is 1.05. The molecule has 0 aliphatic heterocycles. The zero-order chi connectivity index (χ0) is 11.3. The SMILES string of the molecule is C=C(C)CCOCc1occc1C(=O)O. The van der Waals surface area contributed by atoms with Gasteiger partial charge in [0.2, 0.25) is 0 Å². The average Bonchev–Trinajstić information content (AvgIpc) is 2.60. The number of furan rings is 1. The fraction of sp³-hybridized carbons (Fsp3) is 0.364. The quantitative estimate of drug-likeness (QED) is 0.578. The van der Waals surface area contributed by atoms with E-state index in [1.165, 1.54) is 12.3 Å². The molecule has 0 atom stereocenters. The van der Waals surface area contributed by atoms with Crippen molar-refractivity contribution < 1.29 is 19.1 Å². The van der Waals surface area contributed by atoms with E-state index in [9.17, 15) is 4.79 Å². The minimum Gasteiger partial charge on any atom is -0.478 e. The van der Waals surface area contributed by atoms with Crippen LogP contribution >= 0.6 is 0 Å². The summed E-state index contributed by atoms with van der Waals surface area (Å²) in [7, 11) is 0. The summed E-state index contributed by atoms with van der Waals surface area (Å²) in [6.45, 7) is 6.36. The molecule has 0 spiro atoms. The van der Waals surface area contributed by atoms with Crippen LogP contribution in [0.5, 0.6) is 0 Å². The van der Waals surface area contributed by atoms with Crippen molar-refractivity contribution in [1.29, 1.82) is 0 Å². The summed E-state index contributed by atoms with van der Waals surface area (Å²) in [5.41, 5.74) is 1.19. The Labute approximate surface area is 88.2 Å². The average molecular weight is 210 g/mol. The van der Waals surface area contributed by atoms with Gasteiger partial charge in [-0.2, -0.15) is 0 Å². The lowest BCUT2D eigenvalue weighted by atomic mass is 10.2. The Kier molecular flexibility index (Phi) is 4.12. The molecule has 0 aliphatic carbocycles. The van der Waals surface area contributed by atoms with Crippen LogP contribution in [0.2, 0.25) is 0 Å². The monoisotopic (exact) mass is 210 g/mol. The first-order valence-electron chi connectivity index (χ1n) is 4.63. The molecule has 4 nitrogen and oxygen atoms in total. The number of carboxylic acids is 1. The van der Waals surface area contributed by atoms with Gasteiger partial charge in [-0.3, -0.25) is 0 Å². The highest BCUT2D eigenvalue weighted by Gasteiger charge is 2.12. The molecule has 0 aliphatic rings. The minimum atomic E-state index is -0.998. The Morgan fingerprint density at radius 2 is 2.40 bits per heavy atom. The zero-order valence-corrected chi connectivity index (χ0v) is 8.66. The molecule has 1 rings (SSSR count). The first kappa shape index (κ1) is 11.5. The number of carbonyl (C=O) groups is 1. The highest BCUT2D eigenvalue weighted by Crippen LogP contribution is 2.12. The lowest BCUT2D eigenvalue weighted by molar-refractivity contribution is 0.0680. The van der Waals surface area contributed by atoms with Crippen LogP contribution in [0.3, 0.4) is 0 Å². The fourth-order valence-electron chi connectivity index (χ4n) is 1.05. The first-order chi connectivity index (χ1) is 7.11. The molecular weight excluding hydrogens is 196 g/mol. The van der Waals surface area contributed by atoms with Crippen molar-refractivity contribution in [2.75, 3.05) is 6.61 Å². The third-order valence-electron chi connectivity index (χ3n) is 1.88. The highest BCUT2D eigenvalue weighted by molar-refractivity contribution is 5.88. The minimum absolute atomic E-state index is 0.158. The lowest BCUT2D eigenvalue weighted by Crippen LogP contribution is -2.02. The van der Waals surface area contributed by atoms with Crippen molar-refractivity contribution >= 4 is 5.97 Å². The molecule has 0 aromatic carbocycles. The molecular formula is C11H14O4. The predicted octanol–water partition coefficient (Wildman–Crippen LogP) is 2.46. The van der Waals surface area contributed by atoms with Gasteiger partial charge in [-0.05, 0) is 19.4 Å². The van der Waals surface area contributed by atoms with Crippen molar-refractivity contribution in [3.63, 3.8) is 0 Å². The van der Waals surface area contributed by atoms with Crippen LogP contribution in [0.1, 0.15) is 29.5 Å². The Morgan fingerprint density at radius 1 is 1.67 bits per heavy atom. The molecule has 1 aromatic rings. The number of hydrogen-bond acceptors (Lipinski definition) is 3. The van der Waals surface area contributed by atoms with Crippen molar-refractivity contribution in [3.05, 3.63) is 35.8 Å². The second-order valence-electron chi connectivity index (χ2n) is 3.32. The van der Waals surface area contributed by atoms with E-state index in [0.717, 1.165) is 12.0 Å². The zero-order valence-electron chi connectivity index (χ0n) is 8.66. The van der Waals surface area contributed by atoms with Gasteiger partial charge in [0.15, 0.2) is 0 Å². The topological polar surface area (TPSA) is 59.7 Å². The smallest absolute Gasteiger partial charge is 0.339 e. The predicted molar refractivity (Wildman–Crippen MR) is 54.8 cm³/mol. The van der Waals surface area contributed by atoms with Gasteiger partial charge in [0.25, 0.3) is 0 Å². The molecule has 4 heteroatoms. The molecule has 1 aromatic heterocycles. The van der Waals surface area contributed by atoms with Gasteiger partial charge < -0.3 is 14.3 Å². The van der Waals surface area contributed by atoms with Gasteiger partial charge in [-0.15, -0.1) is 6.58 Å². The summed E-state index contributed by atoms with van der Waals surface area (Å²) < 4.78 is 10.3. The molecule has 0 fully saturated rings. The van der Waals surface area contributed by atoms with Gasteiger partial charge in [-0.1, -0.05) is 5.57 Å². The Hall–Kier alpha value is -1.55. The van der Waals surface area contributed by atoms with E-state index in [1.54, 1.807) is 0 Å². The van der Waals surface area contributed by atoms with E-state index in [1.807, 2.05) is 6.92 Å². The first-order valence-corrected chi connectivity index (χ1v) is 4.63. The molecule has 15 heavy (non-hydrogen) atoms. The van der Waals surface area contributed by atoms with E-state index in [2.05, 4.69) is 6.58 Å². The van der Waals surface area contributed by atoms with Gasteiger partial charge in [0, 0.05) is 0 Å². The lowest BCUT2D eigenvalue weighted by Gasteiger charge is -2.02. The maximum atomic E-state index is 10.7. The largest absolute Gasteiger partial charge is 0.478 e. The van der Waals surface area contributed by atoms with Crippen LogP contribution in [-0.2, 0) is 11.3 Å². The summed E-state index contributed by atoms with van der Waals surface area (Å²) in [4.78, 5) is 10.7. The van der Waals surface area contributed by atoms with E-state index < -0.39 is 5.97 Å². The van der Waals surface area contributed by atoms with E-state index in [4.69, 9.17) is 14.3 Å². The van der Waals surface area contributed by atoms with Gasteiger partial charge >= 0.3 is 5.97 Å². The summed E-state index contributed by atoms with van der Waals surface area (Å²) in [5.74, 6) is -0.647. The van der Waals surface area contributed by atoms with Gasteiger partial charge in [0.1, 0.15) is 17.9 Å². The molecule has 0 bridgehead atoms. The van der Waals surface area contributed by atoms with E-state index >= 15 is 0 Å². The highest BCUT2D eigenvalue weighted by atomic mass is 16.5. The van der Waals surface area contributed by atoms with E-state index in [0.29, 0.717) is 12.4 Å². The Morgan fingerprint density at radius 3 is 3.00 bits per heavy atom. The van der Waals surface area contributed by atoms with Crippen LogP contribution in [0.25, 0.3) is 0 Å². The third kappa shape index (κ3) is 3.59. The summed E-state index contributed by atoms with van der Waals surface area (Å²) in [6, 6.07) is 1.42. The number of ether oxygens (including phenoxy) is 1. The number of hydrogen-bond donors (Lipinski definition) is 1. The molecule has 0 saturated heterocycles. The van der Waals surface area contributed by atoms with Crippen LogP contribution in [0.15, 0.2) is 28.9 Å². The molecule has 0 amide bonds. The second kappa shape index (κ2) is 5.36. The standard InChI is InChI=1S/C11H14O4/c1-8(2)3-5-14-7-10-9(11(12)13)4-6-15-10/h4,6H,1,3,5,7H2,2H3,(H,12,13). The van der Waals surface area contributed by atoms with Crippen molar-refractivity contribution in [2.45, 2.75) is 20.0 Å². The van der Waals surface area contributed by atoms with Crippen LogP contribution < -0.4 is 0 Å². The summed E-state index contributed by atoms with van der Waals surface area (Å²) in [5, 5.41) is 8.77. The van der Waals surface area contributed by atoms with E-state index in [-0.39, 0.29) is 12.2 Å². The Balaban J connectivity index is 2.40. The van der Waals surface area contributed by atoms with Crippen molar-refractivity contribution in [2.24, 2.45) is 0 Å². The maximum Gasteiger partial charge on any atom is 0.339 e. The van der Waals surface area contributed by atoms with Crippen LogP contribution in [0.4, 0.5) is 0 Å². The number of aromatic carboxylic acids is 1. The van der Waals surface area contributed by atoms with Crippen LogP contribution in [-0.4, -0.2) is 17.7 Å². The molecule has 0 radical (unpaired) electrons. The van der Waals surface area contributed by atoms with Crippen molar-refractivity contribution in [3.8, 4) is 0 Å². The summed E-state index contributed by atoms with van der Waals surface area (Å²) >= 11 is 0. The normalized spacial score (nSPS) is 10.2. The molecule has 0 unspecified atom stereocenters. The van der Waals surface area contributed by atoms with Crippen molar-refractivity contribution in [1.82, 2.24) is 0 Å². The number of carboxylic acid groups (broad SMARTS) is 1. The second-order valence-corrected chi connectivity index (χ2v) is 3.32. The van der Waals surface area contributed by atoms with Crippen LogP contribution in [0, 0.1) is 0 Å².